The summed E-state index contributed by atoms with van der Waals surface area (Å²) in [5.74, 6) is 0.599. The molecule has 0 aliphatic carbocycles. The highest BCUT2D eigenvalue weighted by Crippen LogP contribution is 2.25. The first-order valence-electron chi connectivity index (χ1n) is 9.96. The van der Waals surface area contributed by atoms with Crippen molar-refractivity contribution in [1.82, 2.24) is 0 Å². The van der Waals surface area contributed by atoms with Gasteiger partial charge in [-0.3, -0.25) is 4.79 Å². The summed E-state index contributed by atoms with van der Waals surface area (Å²) in [5.41, 5.74) is 2.73. The van der Waals surface area contributed by atoms with E-state index in [1.54, 1.807) is 48.2 Å². The van der Waals surface area contributed by atoms with Crippen LogP contribution in [-0.4, -0.2) is 11.9 Å². The minimum Gasteiger partial charge on any atom is -0.459 e. The Labute approximate surface area is 190 Å². The topological polar surface area (TPSA) is 83.4 Å². The molecular formula is C25H21N3O3S. The van der Waals surface area contributed by atoms with E-state index in [-0.39, 0.29) is 17.7 Å². The predicted molar refractivity (Wildman–Crippen MR) is 128 cm³/mol. The lowest BCUT2D eigenvalue weighted by atomic mass is 10.2. The van der Waals surface area contributed by atoms with Gasteiger partial charge in [0.1, 0.15) is 0 Å². The molecule has 3 aromatic carbocycles. The van der Waals surface area contributed by atoms with Crippen LogP contribution in [0.25, 0.3) is 0 Å². The van der Waals surface area contributed by atoms with Gasteiger partial charge in [0.05, 0.1) is 6.26 Å². The highest BCUT2D eigenvalue weighted by molar-refractivity contribution is 7.98. The van der Waals surface area contributed by atoms with E-state index in [0.29, 0.717) is 22.8 Å². The van der Waals surface area contributed by atoms with Crippen LogP contribution in [0.5, 0.6) is 0 Å². The molecule has 0 bridgehead atoms. The lowest BCUT2D eigenvalue weighted by Crippen LogP contribution is -2.19. The van der Waals surface area contributed by atoms with E-state index in [2.05, 4.69) is 16.0 Å². The van der Waals surface area contributed by atoms with Gasteiger partial charge in [-0.1, -0.05) is 36.4 Å². The third kappa shape index (κ3) is 5.80. The molecule has 3 N–H and O–H groups in total. The molecule has 0 saturated carbocycles. The maximum absolute atomic E-state index is 12.7. The quantitative estimate of drug-likeness (QED) is 0.286. The molecule has 6 nitrogen and oxygen atoms in total. The van der Waals surface area contributed by atoms with Crippen LogP contribution in [0, 0.1) is 0 Å². The zero-order valence-corrected chi connectivity index (χ0v) is 17.9. The molecule has 0 radical (unpaired) electrons. The summed E-state index contributed by atoms with van der Waals surface area (Å²) in [7, 11) is 0. The van der Waals surface area contributed by atoms with Crippen molar-refractivity contribution < 1.29 is 14.0 Å². The van der Waals surface area contributed by atoms with E-state index in [0.717, 1.165) is 10.5 Å². The number of thioether (sulfide) groups is 1. The summed E-state index contributed by atoms with van der Waals surface area (Å²) in [6.07, 6.45) is 1.52. The van der Waals surface area contributed by atoms with Crippen molar-refractivity contribution in [3.63, 3.8) is 0 Å². The molecule has 0 atom stereocenters. The van der Waals surface area contributed by atoms with Gasteiger partial charge in [-0.15, -0.1) is 11.8 Å². The summed E-state index contributed by atoms with van der Waals surface area (Å²) in [5, 5.41) is 8.34. The van der Waals surface area contributed by atoms with E-state index in [1.807, 2.05) is 54.6 Å². The number of hydrogen-bond acceptors (Lipinski definition) is 4. The van der Waals surface area contributed by atoms with Crippen molar-refractivity contribution in [2.75, 3.05) is 16.0 Å². The number of rotatable bonds is 7. The Kier molecular flexibility index (Phi) is 6.89. The van der Waals surface area contributed by atoms with Crippen molar-refractivity contribution in [1.29, 1.82) is 0 Å². The molecule has 0 fully saturated rings. The molecule has 0 aliphatic heterocycles. The van der Waals surface area contributed by atoms with Crippen LogP contribution in [0.1, 0.15) is 16.1 Å². The molecule has 1 heterocycles. The Morgan fingerprint density at radius 3 is 1.91 bits per heavy atom. The van der Waals surface area contributed by atoms with Crippen molar-refractivity contribution in [3.05, 3.63) is 109 Å². The van der Waals surface area contributed by atoms with Crippen molar-refractivity contribution >= 4 is 40.8 Å². The monoisotopic (exact) mass is 443 g/mol. The Hall–Kier alpha value is -3.97. The van der Waals surface area contributed by atoms with Gasteiger partial charge in [-0.2, -0.15) is 0 Å². The number of para-hydroxylation sites is 1. The number of urea groups is 1. The number of carbonyl (C=O) groups excluding carboxylic acids is 2. The van der Waals surface area contributed by atoms with Crippen LogP contribution < -0.4 is 16.0 Å². The van der Waals surface area contributed by atoms with Gasteiger partial charge < -0.3 is 20.4 Å². The largest absolute Gasteiger partial charge is 0.459 e. The van der Waals surface area contributed by atoms with Gasteiger partial charge in [-0.05, 0) is 54.6 Å². The van der Waals surface area contributed by atoms with Crippen LogP contribution >= 0.6 is 11.8 Å². The van der Waals surface area contributed by atoms with E-state index in [4.69, 9.17) is 4.42 Å². The van der Waals surface area contributed by atoms with Gasteiger partial charge >= 0.3 is 6.03 Å². The van der Waals surface area contributed by atoms with E-state index in [9.17, 15) is 9.59 Å². The first kappa shape index (κ1) is 21.3. The van der Waals surface area contributed by atoms with Gasteiger partial charge in [-0.25, -0.2) is 4.79 Å². The SMILES string of the molecule is O=C(Nc1ccccc1)Nc1ccc(NC(=O)c2occc2CSc2ccccc2)cc1. The fraction of sp³-hybridized carbons (Fsp3) is 0.0400. The van der Waals surface area contributed by atoms with E-state index >= 15 is 0 Å². The Morgan fingerprint density at radius 2 is 1.25 bits per heavy atom. The molecule has 0 saturated heterocycles. The zero-order chi connectivity index (χ0) is 22.2. The van der Waals surface area contributed by atoms with Crippen LogP contribution in [0.3, 0.4) is 0 Å². The molecule has 1 aromatic heterocycles. The Balaban J connectivity index is 1.32. The normalized spacial score (nSPS) is 10.4. The summed E-state index contributed by atoms with van der Waals surface area (Å²) in [6.45, 7) is 0. The molecule has 3 amide bonds. The number of carbonyl (C=O) groups is 2. The van der Waals surface area contributed by atoms with E-state index < -0.39 is 0 Å². The molecule has 0 aliphatic rings. The average molecular weight is 444 g/mol. The standard InChI is InChI=1S/C25H21N3O3S/c29-24(23-18(15-16-31-23)17-32-22-9-5-2-6-10-22)26-20-11-13-21(14-12-20)28-25(30)27-19-7-3-1-4-8-19/h1-16H,17H2,(H,26,29)(H2,27,28,30). The maximum atomic E-state index is 12.7. The Morgan fingerprint density at radius 1 is 0.688 bits per heavy atom. The highest BCUT2D eigenvalue weighted by Gasteiger charge is 2.16. The number of amides is 3. The number of benzene rings is 3. The average Bonchev–Trinajstić information content (AvgIpc) is 3.29. The van der Waals surface area contributed by atoms with Crippen molar-refractivity contribution in [2.45, 2.75) is 10.6 Å². The van der Waals surface area contributed by atoms with Crippen LogP contribution in [0.4, 0.5) is 21.9 Å². The Bertz CT molecular complexity index is 1180. The van der Waals surface area contributed by atoms with Crippen molar-refractivity contribution in [3.8, 4) is 0 Å². The molecule has 160 valence electrons. The lowest BCUT2D eigenvalue weighted by molar-refractivity contribution is 0.0995. The summed E-state index contributed by atoms with van der Waals surface area (Å²) < 4.78 is 5.43. The number of anilines is 3. The molecule has 0 unspecified atom stereocenters. The molecule has 4 aromatic rings. The highest BCUT2D eigenvalue weighted by atomic mass is 32.2. The molecular weight excluding hydrogens is 422 g/mol. The fourth-order valence-electron chi connectivity index (χ4n) is 2.97. The van der Waals surface area contributed by atoms with Gasteiger partial charge in [0.2, 0.25) is 0 Å². The first-order valence-corrected chi connectivity index (χ1v) is 10.9. The molecule has 4 rings (SSSR count). The second-order valence-corrected chi connectivity index (χ2v) is 7.90. The van der Waals surface area contributed by atoms with Crippen molar-refractivity contribution in [2.24, 2.45) is 0 Å². The number of nitrogens with one attached hydrogen (secondary N) is 3. The van der Waals surface area contributed by atoms with E-state index in [1.165, 1.54) is 6.26 Å². The van der Waals surface area contributed by atoms with Gasteiger partial charge in [0.15, 0.2) is 5.76 Å². The predicted octanol–water partition coefficient (Wildman–Crippen LogP) is 6.47. The number of furan rings is 1. The summed E-state index contributed by atoms with van der Waals surface area (Å²) in [4.78, 5) is 25.9. The summed E-state index contributed by atoms with van der Waals surface area (Å²) >= 11 is 1.64. The smallest absolute Gasteiger partial charge is 0.323 e. The maximum Gasteiger partial charge on any atom is 0.323 e. The fourth-order valence-corrected chi connectivity index (χ4v) is 3.87. The zero-order valence-electron chi connectivity index (χ0n) is 17.1. The molecule has 7 heteroatoms. The molecule has 32 heavy (non-hydrogen) atoms. The second-order valence-electron chi connectivity index (χ2n) is 6.85. The molecule has 0 spiro atoms. The van der Waals surface area contributed by atoms with Gasteiger partial charge in [0.25, 0.3) is 5.91 Å². The first-order chi connectivity index (χ1) is 15.7. The third-order valence-electron chi connectivity index (χ3n) is 4.52. The van der Waals surface area contributed by atoms with Gasteiger partial charge in [0, 0.05) is 33.3 Å². The summed E-state index contributed by atoms with van der Waals surface area (Å²) in [6, 6.07) is 27.5. The van der Waals surface area contributed by atoms with Crippen LogP contribution in [-0.2, 0) is 5.75 Å². The van der Waals surface area contributed by atoms with Crippen LogP contribution in [0.2, 0.25) is 0 Å². The lowest BCUT2D eigenvalue weighted by Gasteiger charge is -2.09. The second kappa shape index (κ2) is 10.4. The number of hydrogen-bond donors (Lipinski definition) is 3. The van der Waals surface area contributed by atoms with Crippen LogP contribution in [0.15, 0.2) is 107 Å². The minimum absolute atomic E-state index is 0.290. The minimum atomic E-state index is -0.343. The third-order valence-corrected chi connectivity index (χ3v) is 5.58.